The van der Waals surface area contributed by atoms with Crippen LogP contribution in [0.4, 0.5) is 0 Å². The average Bonchev–Trinajstić information content (AvgIpc) is 2.76. The molecule has 0 aliphatic carbocycles. The molecule has 1 aromatic carbocycles. The Morgan fingerprint density at radius 2 is 2.00 bits per heavy atom. The van der Waals surface area contributed by atoms with Crippen molar-refractivity contribution in [3.05, 3.63) is 47.8 Å². The maximum Gasteiger partial charge on any atom is 0.120 e. The van der Waals surface area contributed by atoms with Gasteiger partial charge >= 0.3 is 0 Å². The fraction of sp³-hybridized carbons (Fsp3) is 0.167. The van der Waals surface area contributed by atoms with Gasteiger partial charge in [-0.3, -0.25) is 0 Å². The standard InChI is InChI=1S/C12H14N2O2/c13-6-10-5-9(7-14-10)8-16-12-3-1-11(15)2-4-12/h1-5,7,14-15H,6,8,13H2. The van der Waals surface area contributed by atoms with E-state index in [1.54, 1.807) is 24.3 Å². The maximum atomic E-state index is 9.10. The van der Waals surface area contributed by atoms with Crippen LogP contribution in [0.2, 0.25) is 0 Å². The van der Waals surface area contributed by atoms with Gasteiger partial charge in [-0.15, -0.1) is 0 Å². The quantitative estimate of drug-likeness (QED) is 0.732. The third kappa shape index (κ3) is 2.55. The molecular weight excluding hydrogens is 204 g/mol. The first-order valence-corrected chi connectivity index (χ1v) is 5.06. The number of phenols is 1. The lowest BCUT2D eigenvalue weighted by atomic mass is 10.3. The Balaban J connectivity index is 1.94. The number of aromatic amines is 1. The summed E-state index contributed by atoms with van der Waals surface area (Å²) in [5.41, 5.74) is 7.53. The predicted octanol–water partition coefficient (Wildman–Crippen LogP) is 1.76. The van der Waals surface area contributed by atoms with Crippen LogP contribution in [0.25, 0.3) is 0 Å². The molecule has 0 saturated heterocycles. The molecule has 1 heterocycles. The molecule has 4 heteroatoms. The number of phenolic OH excluding ortho intramolecular Hbond substituents is 1. The zero-order valence-corrected chi connectivity index (χ0v) is 8.81. The molecular formula is C12H14N2O2. The summed E-state index contributed by atoms with van der Waals surface area (Å²) in [5.74, 6) is 0.965. The molecule has 0 fully saturated rings. The minimum atomic E-state index is 0.236. The summed E-state index contributed by atoms with van der Waals surface area (Å²) >= 11 is 0. The van der Waals surface area contributed by atoms with Crippen LogP contribution < -0.4 is 10.5 Å². The van der Waals surface area contributed by atoms with Gasteiger partial charge in [0.25, 0.3) is 0 Å². The van der Waals surface area contributed by atoms with E-state index in [9.17, 15) is 0 Å². The summed E-state index contributed by atoms with van der Waals surface area (Å²) in [6.45, 7) is 0.987. The lowest BCUT2D eigenvalue weighted by molar-refractivity contribution is 0.306. The smallest absolute Gasteiger partial charge is 0.120 e. The molecule has 1 aromatic heterocycles. The van der Waals surface area contributed by atoms with Crippen LogP contribution in [0.3, 0.4) is 0 Å². The predicted molar refractivity (Wildman–Crippen MR) is 61.1 cm³/mol. The van der Waals surface area contributed by atoms with E-state index in [1.807, 2.05) is 12.3 Å². The maximum absolute atomic E-state index is 9.10. The Bertz CT molecular complexity index is 448. The van der Waals surface area contributed by atoms with E-state index < -0.39 is 0 Å². The van der Waals surface area contributed by atoms with Crippen LogP contribution in [0.5, 0.6) is 11.5 Å². The molecule has 16 heavy (non-hydrogen) atoms. The zero-order chi connectivity index (χ0) is 11.4. The molecule has 0 aliphatic heterocycles. The fourth-order valence-electron chi connectivity index (χ4n) is 1.40. The number of nitrogens with two attached hydrogens (primary N) is 1. The van der Waals surface area contributed by atoms with Crippen molar-refractivity contribution >= 4 is 0 Å². The van der Waals surface area contributed by atoms with E-state index >= 15 is 0 Å². The van der Waals surface area contributed by atoms with Crippen molar-refractivity contribution in [3.63, 3.8) is 0 Å². The van der Waals surface area contributed by atoms with E-state index in [-0.39, 0.29) is 5.75 Å². The molecule has 0 bridgehead atoms. The van der Waals surface area contributed by atoms with Crippen molar-refractivity contribution in [3.8, 4) is 11.5 Å². The van der Waals surface area contributed by atoms with Gasteiger partial charge in [-0.25, -0.2) is 0 Å². The van der Waals surface area contributed by atoms with Crippen LogP contribution in [0.15, 0.2) is 36.5 Å². The number of aromatic nitrogens is 1. The summed E-state index contributed by atoms with van der Waals surface area (Å²) in [7, 11) is 0. The molecule has 0 unspecified atom stereocenters. The van der Waals surface area contributed by atoms with Crippen LogP contribution in [0, 0.1) is 0 Å². The number of nitrogens with one attached hydrogen (secondary N) is 1. The zero-order valence-electron chi connectivity index (χ0n) is 8.81. The molecule has 4 nitrogen and oxygen atoms in total. The molecule has 0 saturated carbocycles. The number of H-pyrrole nitrogens is 1. The third-order valence-electron chi connectivity index (χ3n) is 2.26. The van der Waals surface area contributed by atoms with Crippen LogP contribution in [-0.2, 0) is 13.2 Å². The number of hydrogen-bond acceptors (Lipinski definition) is 3. The van der Waals surface area contributed by atoms with Gasteiger partial charge in [0.2, 0.25) is 0 Å². The normalized spacial score (nSPS) is 10.3. The summed E-state index contributed by atoms with van der Waals surface area (Å²) < 4.78 is 5.53. The molecule has 84 valence electrons. The van der Waals surface area contributed by atoms with Gasteiger partial charge in [-0.05, 0) is 30.3 Å². The third-order valence-corrected chi connectivity index (χ3v) is 2.26. The molecule has 0 spiro atoms. The molecule has 2 rings (SSSR count). The lowest BCUT2D eigenvalue weighted by Gasteiger charge is -2.04. The van der Waals surface area contributed by atoms with Crippen LogP contribution in [-0.4, -0.2) is 10.1 Å². The summed E-state index contributed by atoms with van der Waals surface area (Å²) in [5, 5.41) is 9.10. The number of aromatic hydroxyl groups is 1. The van der Waals surface area contributed by atoms with E-state index in [1.165, 1.54) is 0 Å². The van der Waals surface area contributed by atoms with Gasteiger partial charge in [-0.1, -0.05) is 0 Å². The highest BCUT2D eigenvalue weighted by Crippen LogP contribution is 2.17. The summed E-state index contributed by atoms with van der Waals surface area (Å²) in [6, 6.07) is 8.62. The highest BCUT2D eigenvalue weighted by molar-refractivity contribution is 5.30. The second-order valence-corrected chi connectivity index (χ2v) is 3.52. The minimum absolute atomic E-state index is 0.236. The van der Waals surface area contributed by atoms with Gasteiger partial charge in [0.05, 0.1) is 0 Å². The van der Waals surface area contributed by atoms with E-state index in [4.69, 9.17) is 15.6 Å². The van der Waals surface area contributed by atoms with E-state index in [0.29, 0.717) is 13.2 Å². The Morgan fingerprint density at radius 1 is 1.25 bits per heavy atom. The number of hydrogen-bond donors (Lipinski definition) is 3. The largest absolute Gasteiger partial charge is 0.508 e. The Kier molecular flexibility index (Phi) is 3.12. The van der Waals surface area contributed by atoms with Gasteiger partial charge in [0, 0.05) is 24.0 Å². The van der Waals surface area contributed by atoms with E-state index in [0.717, 1.165) is 17.0 Å². The van der Waals surface area contributed by atoms with Crippen molar-refractivity contribution in [2.24, 2.45) is 5.73 Å². The second kappa shape index (κ2) is 4.72. The molecule has 0 atom stereocenters. The molecule has 4 N–H and O–H groups in total. The van der Waals surface area contributed by atoms with E-state index in [2.05, 4.69) is 4.98 Å². The van der Waals surface area contributed by atoms with Gasteiger partial charge in [0.15, 0.2) is 0 Å². The second-order valence-electron chi connectivity index (χ2n) is 3.52. The van der Waals surface area contributed by atoms with Crippen molar-refractivity contribution in [2.75, 3.05) is 0 Å². The van der Waals surface area contributed by atoms with Crippen molar-refractivity contribution < 1.29 is 9.84 Å². The average molecular weight is 218 g/mol. The lowest BCUT2D eigenvalue weighted by Crippen LogP contribution is -1.95. The first-order chi connectivity index (χ1) is 7.78. The topological polar surface area (TPSA) is 71.3 Å². The van der Waals surface area contributed by atoms with Gasteiger partial charge < -0.3 is 20.6 Å². The molecule has 2 aromatic rings. The first kappa shape index (κ1) is 10.6. The van der Waals surface area contributed by atoms with Crippen molar-refractivity contribution in [2.45, 2.75) is 13.2 Å². The minimum Gasteiger partial charge on any atom is -0.508 e. The fourth-order valence-corrected chi connectivity index (χ4v) is 1.40. The van der Waals surface area contributed by atoms with Gasteiger partial charge in [-0.2, -0.15) is 0 Å². The van der Waals surface area contributed by atoms with Crippen molar-refractivity contribution in [1.82, 2.24) is 4.98 Å². The van der Waals surface area contributed by atoms with Crippen LogP contribution in [0.1, 0.15) is 11.3 Å². The molecule has 0 amide bonds. The Labute approximate surface area is 93.7 Å². The Hall–Kier alpha value is -1.94. The van der Waals surface area contributed by atoms with Crippen LogP contribution >= 0.6 is 0 Å². The van der Waals surface area contributed by atoms with Gasteiger partial charge in [0.1, 0.15) is 18.1 Å². The summed E-state index contributed by atoms with van der Waals surface area (Å²) in [4.78, 5) is 3.06. The Morgan fingerprint density at radius 3 is 2.62 bits per heavy atom. The molecule has 0 aliphatic rings. The first-order valence-electron chi connectivity index (χ1n) is 5.06. The number of rotatable bonds is 4. The summed E-state index contributed by atoms with van der Waals surface area (Å²) in [6.07, 6.45) is 1.88. The number of benzene rings is 1. The van der Waals surface area contributed by atoms with Crippen molar-refractivity contribution in [1.29, 1.82) is 0 Å². The monoisotopic (exact) mass is 218 g/mol. The number of ether oxygens (including phenoxy) is 1. The highest BCUT2D eigenvalue weighted by atomic mass is 16.5. The highest BCUT2D eigenvalue weighted by Gasteiger charge is 1.99. The molecule has 0 radical (unpaired) electrons. The SMILES string of the molecule is NCc1cc(COc2ccc(O)cc2)c[nH]1.